The molecule has 106 valence electrons. The normalized spacial score (nSPS) is 10.5. The number of carbonyl (C=O) groups is 1. The molecule has 0 aliphatic carbocycles. The fourth-order valence-electron chi connectivity index (χ4n) is 1.99. The van der Waals surface area contributed by atoms with Gasteiger partial charge in [-0.25, -0.2) is 0 Å². The van der Waals surface area contributed by atoms with E-state index in [2.05, 4.69) is 0 Å². The molecule has 1 amide bonds. The van der Waals surface area contributed by atoms with E-state index in [9.17, 15) is 4.79 Å². The average Bonchev–Trinajstić information content (AvgIpc) is 2.81. The summed E-state index contributed by atoms with van der Waals surface area (Å²) in [5, 5.41) is 0. The number of halogens is 1. The third kappa shape index (κ3) is 3.99. The van der Waals surface area contributed by atoms with Crippen LogP contribution in [0.25, 0.3) is 0 Å². The quantitative estimate of drug-likeness (QED) is 0.858. The summed E-state index contributed by atoms with van der Waals surface area (Å²) in [5.41, 5.74) is 7.36. The van der Waals surface area contributed by atoms with Gasteiger partial charge in [0, 0.05) is 17.1 Å². The van der Waals surface area contributed by atoms with Crippen molar-refractivity contribution < 1.29 is 4.79 Å². The van der Waals surface area contributed by atoms with Gasteiger partial charge in [-0.15, -0.1) is 11.3 Å². The summed E-state index contributed by atoms with van der Waals surface area (Å²) in [6, 6.07) is 11.3. The number of likely N-dealkylation sites (N-methyl/N-ethyl adjacent to an activating group) is 1. The Balaban J connectivity index is 2.02. The van der Waals surface area contributed by atoms with E-state index in [4.69, 9.17) is 17.3 Å². The van der Waals surface area contributed by atoms with Crippen molar-refractivity contribution in [3.63, 3.8) is 0 Å². The molecular weight excluding hydrogens is 292 g/mol. The number of hydrogen-bond donors (Lipinski definition) is 1. The van der Waals surface area contributed by atoms with Gasteiger partial charge in [0.1, 0.15) is 0 Å². The molecule has 2 aromatic rings. The van der Waals surface area contributed by atoms with Crippen molar-refractivity contribution in [1.29, 1.82) is 0 Å². The summed E-state index contributed by atoms with van der Waals surface area (Å²) in [6.07, 6.45) is 0.373. The molecule has 20 heavy (non-hydrogen) atoms. The highest BCUT2D eigenvalue weighted by atomic mass is 35.5. The van der Waals surface area contributed by atoms with Gasteiger partial charge in [0.25, 0.3) is 0 Å². The number of carbonyl (C=O) groups excluding carboxylic acids is 1. The first-order valence-corrected chi connectivity index (χ1v) is 7.64. The molecule has 1 aromatic heterocycles. The number of nitrogens with two attached hydrogens (primary N) is 1. The Kier molecular flexibility index (Phi) is 5.04. The van der Waals surface area contributed by atoms with Crippen LogP contribution in [0, 0.1) is 0 Å². The topological polar surface area (TPSA) is 46.3 Å². The van der Waals surface area contributed by atoms with Gasteiger partial charge in [-0.2, -0.15) is 0 Å². The van der Waals surface area contributed by atoms with Crippen LogP contribution in [0.5, 0.6) is 0 Å². The maximum atomic E-state index is 12.3. The SMILES string of the molecule is CCN(Cc1ccc(Cl)s1)C(=O)Cc1cccc(N)c1. The van der Waals surface area contributed by atoms with Crippen LogP contribution in [-0.4, -0.2) is 17.4 Å². The molecule has 1 aromatic carbocycles. The third-order valence-corrected chi connectivity index (χ3v) is 4.23. The number of rotatable bonds is 5. The minimum absolute atomic E-state index is 0.0997. The van der Waals surface area contributed by atoms with E-state index in [1.54, 1.807) is 0 Å². The molecule has 0 spiro atoms. The Morgan fingerprint density at radius 2 is 2.15 bits per heavy atom. The number of anilines is 1. The highest BCUT2D eigenvalue weighted by Gasteiger charge is 2.14. The van der Waals surface area contributed by atoms with Gasteiger partial charge >= 0.3 is 0 Å². The Hall–Kier alpha value is -1.52. The van der Waals surface area contributed by atoms with E-state index >= 15 is 0 Å². The largest absolute Gasteiger partial charge is 0.399 e. The van der Waals surface area contributed by atoms with E-state index in [0.717, 1.165) is 14.8 Å². The van der Waals surface area contributed by atoms with Crippen LogP contribution in [-0.2, 0) is 17.8 Å². The molecule has 2 rings (SSSR count). The van der Waals surface area contributed by atoms with Gasteiger partial charge in [0.15, 0.2) is 0 Å². The zero-order chi connectivity index (χ0) is 14.5. The lowest BCUT2D eigenvalue weighted by molar-refractivity contribution is -0.130. The Morgan fingerprint density at radius 1 is 1.35 bits per heavy atom. The molecule has 2 N–H and O–H groups in total. The maximum Gasteiger partial charge on any atom is 0.227 e. The summed E-state index contributed by atoms with van der Waals surface area (Å²) in [4.78, 5) is 15.2. The fourth-order valence-corrected chi connectivity index (χ4v) is 3.09. The molecule has 5 heteroatoms. The van der Waals surface area contributed by atoms with Gasteiger partial charge < -0.3 is 10.6 Å². The molecule has 0 aliphatic heterocycles. The molecule has 0 unspecified atom stereocenters. The molecule has 0 atom stereocenters. The second kappa shape index (κ2) is 6.77. The van der Waals surface area contributed by atoms with E-state index in [-0.39, 0.29) is 5.91 Å². The zero-order valence-corrected chi connectivity index (χ0v) is 12.9. The fraction of sp³-hybridized carbons (Fsp3) is 0.267. The summed E-state index contributed by atoms with van der Waals surface area (Å²) < 4.78 is 0.749. The van der Waals surface area contributed by atoms with Crippen LogP contribution in [0.3, 0.4) is 0 Å². The lowest BCUT2D eigenvalue weighted by atomic mass is 10.1. The van der Waals surface area contributed by atoms with E-state index in [0.29, 0.717) is 25.2 Å². The second-order valence-electron chi connectivity index (χ2n) is 4.54. The zero-order valence-electron chi connectivity index (χ0n) is 11.3. The summed E-state index contributed by atoms with van der Waals surface area (Å²) in [7, 11) is 0. The van der Waals surface area contributed by atoms with Crippen molar-refractivity contribution in [3.05, 3.63) is 51.2 Å². The van der Waals surface area contributed by atoms with Crippen molar-refractivity contribution in [2.24, 2.45) is 0 Å². The first-order valence-electron chi connectivity index (χ1n) is 6.45. The third-order valence-electron chi connectivity index (χ3n) is 3.02. The monoisotopic (exact) mass is 308 g/mol. The van der Waals surface area contributed by atoms with Gasteiger partial charge in [-0.05, 0) is 36.8 Å². The molecule has 0 aliphatic rings. The number of thiophene rings is 1. The Bertz CT molecular complexity index is 597. The van der Waals surface area contributed by atoms with Crippen LogP contribution in [0.1, 0.15) is 17.4 Å². The van der Waals surface area contributed by atoms with Crippen molar-refractivity contribution in [2.75, 3.05) is 12.3 Å². The standard InChI is InChI=1S/C15H17ClN2OS/c1-2-18(10-13-6-7-14(16)20-13)15(19)9-11-4-3-5-12(17)8-11/h3-8H,2,9-10,17H2,1H3. The highest BCUT2D eigenvalue weighted by Crippen LogP contribution is 2.23. The number of nitrogens with zero attached hydrogens (tertiary/aromatic N) is 1. The maximum absolute atomic E-state index is 12.3. The van der Waals surface area contributed by atoms with Crippen LogP contribution in [0.4, 0.5) is 5.69 Å². The second-order valence-corrected chi connectivity index (χ2v) is 6.34. The Labute approximate surface area is 128 Å². The molecule has 1 heterocycles. The molecule has 0 fully saturated rings. The lowest BCUT2D eigenvalue weighted by Gasteiger charge is -2.20. The first-order chi connectivity index (χ1) is 9.58. The Morgan fingerprint density at radius 3 is 2.75 bits per heavy atom. The summed E-state index contributed by atoms with van der Waals surface area (Å²) >= 11 is 7.42. The predicted molar refractivity (Wildman–Crippen MR) is 85.0 cm³/mol. The average molecular weight is 309 g/mol. The van der Waals surface area contributed by atoms with Crippen molar-refractivity contribution >= 4 is 34.5 Å². The van der Waals surface area contributed by atoms with E-state index in [1.807, 2.05) is 48.2 Å². The van der Waals surface area contributed by atoms with E-state index in [1.165, 1.54) is 11.3 Å². The summed E-state index contributed by atoms with van der Waals surface area (Å²) in [6.45, 7) is 3.26. The minimum Gasteiger partial charge on any atom is -0.399 e. The van der Waals surface area contributed by atoms with Crippen LogP contribution in [0.2, 0.25) is 4.34 Å². The summed E-state index contributed by atoms with van der Waals surface area (Å²) in [5.74, 6) is 0.0997. The number of hydrogen-bond acceptors (Lipinski definition) is 3. The van der Waals surface area contributed by atoms with Gasteiger partial charge in [0.05, 0.1) is 17.3 Å². The molecule has 0 saturated heterocycles. The molecular formula is C15H17ClN2OS. The van der Waals surface area contributed by atoms with Crippen molar-refractivity contribution in [2.45, 2.75) is 19.9 Å². The smallest absolute Gasteiger partial charge is 0.227 e. The number of amides is 1. The molecule has 3 nitrogen and oxygen atoms in total. The van der Waals surface area contributed by atoms with Crippen LogP contribution < -0.4 is 5.73 Å². The minimum atomic E-state index is 0.0997. The molecule has 0 bridgehead atoms. The van der Waals surface area contributed by atoms with Gasteiger partial charge in [0.2, 0.25) is 5.91 Å². The number of benzene rings is 1. The van der Waals surface area contributed by atoms with Gasteiger partial charge in [-0.3, -0.25) is 4.79 Å². The highest BCUT2D eigenvalue weighted by molar-refractivity contribution is 7.16. The van der Waals surface area contributed by atoms with Crippen molar-refractivity contribution in [1.82, 2.24) is 4.90 Å². The van der Waals surface area contributed by atoms with E-state index < -0.39 is 0 Å². The van der Waals surface area contributed by atoms with Gasteiger partial charge in [-0.1, -0.05) is 23.7 Å². The van der Waals surface area contributed by atoms with Crippen LogP contribution in [0.15, 0.2) is 36.4 Å². The first kappa shape index (κ1) is 14.9. The lowest BCUT2D eigenvalue weighted by Crippen LogP contribution is -2.31. The molecule has 0 radical (unpaired) electrons. The van der Waals surface area contributed by atoms with Crippen LogP contribution >= 0.6 is 22.9 Å². The van der Waals surface area contributed by atoms with Crippen molar-refractivity contribution in [3.8, 4) is 0 Å². The predicted octanol–water partition coefficient (Wildman–Crippen LogP) is 3.57. The molecule has 0 saturated carbocycles. The number of nitrogen functional groups attached to an aromatic ring is 1.